The summed E-state index contributed by atoms with van der Waals surface area (Å²) in [7, 11) is 0. The van der Waals surface area contributed by atoms with Gasteiger partial charge in [0.25, 0.3) is 0 Å². The zero-order valence-corrected chi connectivity index (χ0v) is 22.5. The molecule has 0 N–H and O–H groups in total. The van der Waals surface area contributed by atoms with Crippen LogP contribution >= 0.6 is 0 Å². The molecule has 0 aromatic heterocycles. The van der Waals surface area contributed by atoms with Crippen molar-refractivity contribution in [1.82, 2.24) is 0 Å². The summed E-state index contributed by atoms with van der Waals surface area (Å²) in [5, 5.41) is 47.6. The summed E-state index contributed by atoms with van der Waals surface area (Å²) in [5.74, 6) is 0. The Morgan fingerprint density at radius 2 is 0.286 bits per heavy atom. The van der Waals surface area contributed by atoms with Crippen LogP contribution in [0.2, 0.25) is 0 Å². The smallest absolute Gasteiger partial charge is 0 e. The van der Waals surface area contributed by atoms with Gasteiger partial charge in [0.1, 0.15) is 0 Å². The van der Waals surface area contributed by atoms with E-state index >= 15 is 0 Å². The quantitative estimate of drug-likeness (QED) is 0.350. The summed E-state index contributed by atoms with van der Waals surface area (Å²) in [5.41, 5.74) is 0. The second-order valence-corrected chi connectivity index (χ2v) is 5.24. The molecule has 0 rings (SSSR count). The second kappa shape index (κ2) is 79.3. The first kappa shape index (κ1) is 88.2. The van der Waals surface area contributed by atoms with Gasteiger partial charge in [-0.25, -0.2) is 0 Å². The van der Waals surface area contributed by atoms with E-state index in [-0.39, 0.29) is 83.0 Å². The van der Waals surface area contributed by atoms with Crippen LogP contribution in [0.5, 0.6) is 0 Å². The van der Waals surface area contributed by atoms with Gasteiger partial charge in [0.05, 0.1) is 0 Å². The van der Waals surface area contributed by atoms with Crippen molar-refractivity contribution < 1.29 is 109 Å². The Labute approximate surface area is 207 Å². The molecule has 0 heterocycles. The zero-order chi connectivity index (χ0) is 17.9. The summed E-state index contributed by atoms with van der Waals surface area (Å²) >= 11 is 0. The Hall–Kier alpha value is 1.35. The zero-order valence-electron chi connectivity index (χ0n) is 18.3. The molecule has 0 bridgehead atoms. The maximum Gasteiger partial charge on any atom is 0 e. The summed E-state index contributed by atoms with van der Waals surface area (Å²) in [6.07, 6.45) is -2.08. The molecule has 0 aliphatic rings. The van der Waals surface area contributed by atoms with Gasteiger partial charge >= 0.3 is 0 Å². The SMILES string of the molecule is CC(C)[O-].CC(C)[O-].CC(C)[O-].CC(C)[O-].CC(C)[O-].[O-2].[O-2].[O-2].[O-2].[O-2].[V].[V].[V]. The summed E-state index contributed by atoms with van der Waals surface area (Å²) in [6, 6.07) is 0. The Bertz CT molecular complexity index is 96.6. The first-order valence-electron chi connectivity index (χ1n) is 6.95. The van der Waals surface area contributed by atoms with Gasteiger partial charge in [0.2, 0.25) is 0 Å². The molecule has 10 nitrogen and oxygen atoms in total. The minimum atomic E-state index is -0.417. The van der Waals surface area contributed by atoms with Crippen LogP contribution in [0.25, 0.3) is 0 Å². The van der Waals surface area contributed by atoms with Crippen LogP contribution in [0.3, 0.4) is 0 Å². The molecule has 13 heteroatoms. The maximum atomic E-state index is 9.53. The Morgan fingerprint density at radius 3 is 0.286 bits per heavy atom. The van der Waals surface area contributed by atoms with Crippen molar-refractivity contribution in [3.8, 4) is 0 Å². The van der Waals surface area contributed by atoms with Crippen LogP contribution in [0.15, 0.2) is 0 Å². The molecular formula is C15H35O10V3-15. The average Bonchev–Trinajstić information content (AvgIpc) is 1.94. The molecule has 3 radical (unpaired) electrons. The molecule has 0 atom stereocenters. The second-order valence-electron chi connectivity index (χ2n) is 5.24. The Kier molecular flexibility index (Phi) is 250. The van der Waals surface area contributed by atoms with Crippen LogP contribution < -0.4 is 25.5 Å². The van der Waals surface area contributed by atoms with Crippen LogP contribution in [-0.4, -0.2) is 30.5 Å². The van der Waals surface area contributed by atoms with Crippen molar-refractivity contribution in [2.24, 2.45) is 0 Å². The van der Waals surface area contributed by atoms with E-state index < -0.39 is 30.5 Å². The fraction of sp³-hybridized carbons (Fsp3) is 1.00. The molecule has 0 aromatic rings. The van der Waals surface area contributed by atoms with Gasteiger partial charge in [0, 0.05) is 55.7 Å². The number of rotatable bonds is 0. The van der Waals surface area contributed by atoms with Gasteiger partial charge < -0.3 is 52.9 Å². The summed E-state index contributed by atoms with van der Waals surface area (Å²) < 4.78 is 0. The fourth-order valence-corrected chi connectivity index (χ4v) is 0. The van der Waals surface area contributed by atoms with Gasteiger partial charge in [-0.2, -0.15) is 0 Å². The van der Waals surface area contributed by atoms with Crippen molar-refractivity contribution in [3.05, 3.63) is 0 Å². The monoisotopic (exact) mass is 528 g/mol. The van der Waals surface area contributed by atoms with Crippen molar-refractivity contribution in [3.63, 3.8) is 0 Å². The maximum absolute atomic E-state index is 9.53. The van der Waals surface area contributed by atoms with Crippen LogP contribution in [-0.2, 0) is 83.0 Å². The van der Waals surface area contributed by atoms with Crippen LogP contribution in [0, 0.1) is 0 Å². The molecule has 185 valence electrons. The van der Waals surface area contributed by atoms with Gasteiger partial charge in [-0.3, -0.25) is 0 Å². The first-order valence-corrected chi connectivity index (χ1v) is 6.95. The fourth-order valence-electron chi connectivity index (χ4n) is 0. The van der Waals surface area contributed by atoms with Crippen LogP contribution in [0.4, 0.5) is 0 Å². The molecule has 0 spiro atoms. The molecule has 28 heavy (non-hydrogen) atoms. The molecule has 0 unspecified atom stereocenters. The molecule has 0 saturated heterocycles. The third-order valence-electron chi connectivity index (χ3n) is 0. The van der Waals surface area contributed by atoms with Gasteiger partial charge in [-0.1, -0.05) is 69.2 Å². The molecule has 0 aliphatic heterocycles. The first-order chi connectivity index (χ1) is 8.66. The topological polar surface area (TPSA) is 258 Å². The van der Waals surface area contributed by atoms with E-state index in [1.165, 1.54) is 0 Å². The van der Waals surface area contributed by atoms with Gasteiger partial charge in [-0.15, -0.1) is 30.5 Å². The van der Waals surface area contributed by atoms with E-state index in [0.29, 0.717) is 0 Å². The normalized spacial score (nSPS) is 6.43. The molecule has 0 aliphatic carbocycles. The largest absolute Gasteiger partial charge is 2.00 e. The van der Waals surface area contributed by atoms with Crippen molar-refractivity contribution in [2.45, 2.75) is 99.8 Å². The number of hydrogen-bond donors (Lipinski definition) is 0. The van der Waals surface area contributed by atoms with E-state index in [0.717, 1.165) is 0 Å². The van der Waals surface area contributed by atoms with Gasteiger partial charge in [0.15, 0.2) is 0 Å². The predicted molar refractivity (Wildman–Crippen MR) is 79.1 cm³/mol. The standard InChI is InChI=1S/5C3H7O.5O.3V/c5*1-3(2)4;;;;;;;;/h5*3H,1-2H3;;;;;;;;/q5*-1;5*-2;;;. The molecule has 0 aromatic carbocycles. The molecule has 0 saturated carbocycles. The molecule has 0 amide bonds. The van der Waals surface area contributed by atoms with E-state index in [9.17, 15) is 25.5 Å². The third-order valence-corrected chi connectivity index (χ3v) is 0. The Morgan fingerprint density at radius 1 is 0.286 bits per heavy atom. The number of hydrogen-bond acceptors (Lipinski definition) is 5. The van der Waals surface area contributed by atoms with E-state index in [2.05, 4.69) is 0 Å². The van der Waals surface area contributed by atoms with Gasteiger partial charge in [-0.05, 0) is 0 Å². The third kappa shape index (κ3) is 10400. The average molecular weight is 528 g/mol. The van der Waals surface area contributed by atoms with Crippen molar-refractivity contribution in [2.75, 3.05) is 0 Å². The Balaban J connectivity index is -0.00000000852. The van der Waals surface area contributed by atoms with Crippen LogP contribution in [0.1, 0.15) is 69.2 Å². The minimum absolute atomic E-state index is 0. The predicted octanol–water partition coefficient (Wildman–Crippen LogP) is -1.83. The molecular weight excluding hydrogens is 493 g/mol. The van der Waals surface area contributed by atoms with E-state index in [4.69, 9.17) is 0 Å². The summed E-state index contributed by atoms with van der Waals surface area (Å²) in [4.78, 5) is 0. The minimum Gasteiger partial charge on any atom is -2.00 e. The summed E-state index contributed by atoms with van der Waals surface area (Å²) in [6.45, 7) is 16.1. The molecule has 0 fully saturated rings. The van der Waals surface area contributed by atoms with Crippen molar-refractivity contribution >= 4 is 0 Å². The van der Waals surface area contributed by atoms with E-state index in [1.807, 2.05) is 0 Å². The van der Waals surface area contributed by atoms with Crippen molar-refractivity contribution in [1.29, 1.82) is 0 Å². The van der Waals surface area contributed by atoms with E-state index in [1.54, 1.807) is 69.2 Å².